The summed E-state index contributed by atoms with van der Waals surface area (Å²) in [6, 6.07) is 6.94. The van der Waals surface area contributed by atoms with E-state index in [0.29, 0.717) is 0 Å². The van der Waals surface area contributed by atoms with Crippen LogP contribution in [-0.4, -0.2) is 0 Å². The van der Waals surface area contributed by atoms with Crippen LogP contribution in [0.25, 0.3) is 0 Å². The van der Waals surface area contributed by atoms with Gasteiger partial charge in [-0.1, -0.05) is 24.3 Å². The zero-order chi connectivity index (χ0) is 10.7. The Balaban J connectivity index is 1.83. The Bertz CT molecular complexity index is 457. The second-order valence-corrected chi connectivity index (χ2v) is 5.80. The van der Waals surface area contributed by atoms with Crippen molar-refractivity contribution < 1.29 is 0 Å². The van der Waals surface area contributed by atoms with Gasteiger partial charge in [0.25, 0.3) is 0 Å². The predicted octanol–water partition coefficient (Wildman–Crippen LogP) is 4.03. The number of allylic oxidation sites excluding steroid dienone is 1. The van der Waals surface area contributed by atoms with Crippen LogP contribution in [0.4, 0.5) is 0 Å². The zero-order valence-corrected chi connectivity index (χ0v) is 9.65. The Kier molecular flexibility index (Phi) is 1.69. The highest BCUT2D eigenvalue weighted by atomic mass is 14.6. The second-order valence-electron chi connectivity index (χ2n) is 5.80. The molecule has 2 bridgehead atoms. The van der Waals surface area contributed by atoms with E-state index in [1.807, 2.05) is 0 Å². The monoisotopic (exact) mass is 210 g/mol. The lowest BCUT2D eigenvalue weighted by atomic mass is 9.60. The SMILES string of the molecule is C=CCc1cccc2c1C1C2[C@@H]2CC[C@H]1C2. The normalized spacial score (nSPS) is 37.8. The summed E-state index contributed by atoms with van der Waals surface area (Å²) in [6.07, 6.45) is 7.61. The van der Waals surface area contributed by atoms with Gasteiger partial charge < -0.3 is 0 Å². The van der Waals surface area contributed by atoms with E-state index in [1.54, 1.807) is 16.7 Å². The Morgan fingerprint density at radius 2 is 2.00 bits per heavy atom. The van der Waals surface area contributed by atoms with Crippen LogP contribution in [0.1, 0.15) is 47.8 Å². The molecule has 0 nitrogen and oxygen atoms in total. The second kappa shape index (κ2) is 3.00. The van der Waals surface area contributed by atoms with Gasteiger partial charge in [0.15, 0.2) is 0 Å². The molecule has 0 saturated heterocycles. The maximum absolute atomic E-state index is 3.88. The molecule has 0 aliphatic heterocycles. The maximum Gasteiger partial charge on any atom is -0.00562 e. The molecule has 2 unspecified atom stereocenters. The molecular formula is C16H18. The van der Waals surface area contributed by atoms with Crippen LogP contribution in [0.5, 0.6) is 0 Å². The summed E-state index contributed by atoms with van der Waals surface area (Å²) in [5.41, 5.74) is 4.97. The first-order chi connectivity index (χ1) is 7.90. The summed E-state index contributed by atoms with van der Waals surface area (Å²) in [7, 11) is 0. The molecule has 0 spiro atoms. The lowest BCUT2D eigenvalue weighted by molar-refractivity contribution is 0.321. The Morgan fingerprint density at radius 3 is 2.81 bits per heavy atom. The fourth-order valence-corrected chi connectivity index (χ4v) is 4.72. The van der Waals surface area contributed by atoms with Gasteiger partial charge in [-0.15, -0.1) is 6.58 Å². The molecule has 0 N–H and O–H groups in total. The fraction of sp³-hybridized carbons (Fsp3) is 0.500. The number of hydrogen-bond acceptors (Lipinski definition) is 0. The van der Waals surface area contributed by atoms with Gasteiger partial charge in [-0.25, -0.2) is 0 Å². The highest BCUT2D eigenvalue weighted by Gasteiger charge is 2.55. The summed E-state index contributed by atoms with van der Waals surface area (Å²) in [5, 5.41) is 0. The molecule has 4 rings (SSSR count). The molecule has 0 heteroatoms. The maximum atomic E-state index is 3.88. The smallest absolute Gasteiger partial charge is 0.00562 e. The van der Waals surface area contributed by atoms with E-state index in [4.69, 9.17) is 0 Å². The highest BCUT2D eigenvalue weighted by Crippen LogP contribution is 2.68. The molecule has 2 saturated carbocycles. The molecule has 0 heterocycles. The minimum Gasteiger partial charge on any atom is -0.103 e. The minimum absolute atomic E-state index is 0.935. The van der Waals surface area contributed by atoms with Gasteiger partial charge >= 0.3 is 0 Å². The molecule has 0 amide bonds. The molecule has 3 aliphatic carbocycles. The summed E-state index contributed by atoms with van der Waals surface area (Å²) in [6.45, 7) is 3.88. The first-order valence-electron chi connectivity index (χ1n) is 6.62. The van der Waals surface area contributed by atoms with Gasteiger partial charge in [0.2, 0.25) is 0 Å². The third-order valence-electron chi connectivity index (χ3n) is 5.20. The van der Waals surface area contributed by atoms with Crippen LogP contribution in [-0.2, 0) is 6.42 Å². The van der Waals surface area contributed by atoms with Gasteiger partial charge in [0.05, 0.1) is 0 Å². The molecular weight excluding hydrogens is 192 g/mol. The molecule has 2 fully saturated rings. The van der Waals surface area contributed by atoms with Crippen molar-refractivity contribution in [3.63, 3.8) is 0 Å². The summed E-state index contributed by atoms with van der Waals surface area (Å²) in [4.78, 5) is 0. The molecule has 1 aromatic carbocycles. The van der Waals surface area contributed by atoms with Gasteiger partial charge in [-0.3, -0.25) is 0 Å². The van der Waals surface area contributed by atoms with Gasteiger partial charge in [0.1, 0.15) is 0 Å². The van der Waals surface area contributed by atoms with Crippen molar-refractivity contribution in [3.8, 4) is 0 Å². The Morgan fingerprint density at radius 1 is 1.19 bits per heavy atom. The fourth-order valence-electron chi connectivity index (χ4n) is 4.72. The van der Waals surface area contributed by atoms with Crippen LogP contribution in [0, 0.1) is 11.8 Å². The molecule has 16 heavy (non-hydrogen) atoms. The number of rotatable bonds is 2. The van der Waals surface area contributed by atoms with E-state index in [-0.39, 0.29) is 0 Å². The molecule has 1 aromatic rings. The van der Waals surface area contributed by atoms with Crippen LogP contribution in [0.2, 0.25) is 0 Å². The van der Waals surface area contributed by atoms with E-state index in [0.717, 1.165) is 30.1 Å². The summed E-state index contributed by atoms with van der Waals surface area (Å²) >= 11 is 0. The van der Waals surface area contributed by atoms with Crippen molar-refractivity contribution in [1.82, 2.24) is 0 Å². The molecule has 0 aromatic heterocycles. The lowest BCUT2D eigenvalue weighted by Gasteiger charge is -2.44. The first kappa shape index (κ1) is 9.04. The van der Waals surface area contributed by atoms with Crippen LogP contribution in [0.15, 0.2) is 30.9 Å². The third-order valence-corrected chi connectivity index (χ3v) is 5.20. The predicted molar refractivity (Wildman–Crippen MR) is 66.7 cm³/mol. The van der Waals surface area contributed by atoms with E-state index in [2.05, 4.69) is 30.9 Å². The van der Waals surface area contributed by atoms with Crippen LogP contribution < -0.4 is 0 Å². The lowest BCUT2D eigenvalue weighted by Crippen LogP contribution is -2.30. The number of benzene rings is 1. The molecule has 82 valence electrons. The third kappa shape index (κ3) is 0.917. The van der Waals surface area contributed by atoms with E-state index in [9.17, 15) is 0 Å². The van der Waals surface area contributed by atoms with Crippen molar-refractivity contribution >= 4 is 0 Å². The van der Waals surface area contributed by atoms with E-state index >= 15 is 0 Å². The Labute approximate surface area is 97.4 Å². The molecule has 4 atom stereocenters. The van der Waals surface area contributed by atoms with Crippen molar-refractivity contribution in [1.29, 1.82) is 0 Å². The average Bonchev–Trinajstić information content (AvgIpc) is 2.81. The van der Waals surface area contributed by atoms with Crippen molar-refractivity contribution in [2.75, 3.05) is 0 Å². The topological polar surface area (TPSA) is 0 Å². The minimum atomic E-state index is 0.935. The van der Waals surface area contributed by atoms with Crippen molar-refractivity contribution in [2.45, 2.75) is 37.5 Å². The zero-order valence-electron chi connectivity index (χ0n) is 9.65. The van der Waals surface area contributed by atoms with Gasteiger partial charge in [-0.2, -0.15) is 0 Å². The van der Waals surface area contributed by atoms with Crippen molar-refractivity contribution in [3.05, 3.63) is 47.5 Å². The number of hydrogen-bond donors (Lipinski definition) is 0. The van der Waals surface area contributed by atoms with Crippen LogP contribution >= 0.6 is 0 Å². The standard InChI is InChI=1S/C16H18/c1-2-4-10-5-3-6-13-14(10)16-12-8-7-11(9-12)15(13)16/h2-3,5-6,11-12,15-16H,1,4,7-9H2/t11-,12+,15?,16?/m1/s1. The van der Waals surface area contributed by atoms with Crippen molar-refractivity contribution in [2.24, 2.45) is 11.8 Å². The quantitative estimate of drug-likeness (QED) is 0.647. The summed E-state index contributed by atoms with van der Waals surface area (Å²) < 4.78 is 0. The molecule has 0 radical (unpaired) electrons. The highest BCUT2D eigenvalue weighted by molar-refractivity contribution is 5.53. The van der Waals surface area contributed by atoms with E-state index in [1.165, 1.54) is 19.3 Å². The van der Waals surface area contributed by atoms with Crippen LogP contribution in [0.3, 0.4) is 0 Å². The average molecular weight is 210 g/mol. The Hall–Kier alpha value is -1.04. The summed E-state index contributed by atoms with van der Waals surface area (Å²) in [5.74, 6) is 3.93. The van der Waals surface area contributed by atoms with E-state index < -0.39 is 0 Å². The van der Waals surface area contributed by atoms with Gasteiger partial charge in [0, 0.05) is 0 Å². The molecule has 3 aliphatic rings. The number of fused-ring (bicyclic) bond motifs is 8. The largest absolute Gasteiger partial charge is 0.103 e. The first-order valence-corrected chi connectivity index (χ1v) is 6.62. The van der Waals surface area contributed by atoms with Gasteiger partial charge in [-0.05, 0) is 66.0 Å².